The van der Waals surface area contributed by atoms with Crippen LogP contribution in [0.4, 0.5) is 0 Å². The smallest absolute Gasteiger partial charge is 0.231 e. The third-order valence-corrected chi connectivity index (χ3v) is 6.31. The van der Waals surface area contributed by atoms with Crippen molar-refractivity contribution in [2.24, 2.45) is 5.41 Å². The number of nitrogens with zero attached hydrogens (tertiary/aromatic N) is 2. The molecule has 4 rings (SSSR count). The lowest BCUT2D eigenvalue weighted by Crippen LogP contribution is -2.64. The quantitative estimate of drug-likeness (QED) is 0.709. The van der Waals surface area contributed by atoms with Crippen LogP contribution in [-0.4, -0.2) is 48.4 Å². The summed E-state index contributed by atoms with van der Waals surface area (Å²) in [5, 5.41) is 0. The summed E-state index contributed by atoms with van der Waals surface area (Å²) in [7, 11) is 1.65. The lowest BCUT2D eigenvalue weighted by molar-refractivity contribution is -0.168. The minimum atomic E-state index is -0.247. The van der Waals surface area contributed by atoms with Gasteiger partial charge in [0.2, 0.25) is 11.8 Å². The van der Waals surface area contributed by atoms with Crippen LogP contribution in [0.2, 0.25) is 0 Å². The van der Waals surface area contributed by atoms with Crippen LogP contribution >= 0.6 is 0 Å². The van der Waals surface area contributed by atoms with E-state index in [1.807, 2.05) is 52.3 Å². The van der Waals surface area contributed by atoms with E-state index in [1.165, 1.54) is 5.56 Å². The van der Waals surface area contributed by atoms with Gasteiger partial charge >= 0.3 is 0 Å². The molecule has 0 N–H and O–H groups in total. The SMILES string of the molecule is COc1ccc(CN2CC3(CCN(C(=O)CCc4ccccc4)CC3)C2=O)cc1. The monoisotopic (exact) mass is 392 g/mol. The first kappa shape index (κ1) is 19.5. The van der Waals surface area contributed by atoms with Gasteiger partial charge in [0.25, 0.3) is 0 Å². The van der Waals surface area contributed by atoms with Crippen LogP contribution in [0, 0.1) is 5.41 Å². The van der Waals surface area contributed by atoms with Crippen LogP contribution in [0.3, 0.4) is 0 Å². The summed E-state index contributed by atoms with van der Waals surface area (Å²) in [6, 6.07) is 18.0. The molecule has 1 spiro atoms. The van der Waals surface area contributed by atoms with Crippen molar-refractivity contribution in [2.75, 3.05) is 26.7 Å². The van der Waals surface area contributed by atoms with Crippen molar-refractivity contribution in [2.45, 2.75) is 32.2 Å². The van der Waals surface area contributed by atoms with E-state index in [0.717, 1.165) is 37.1 Å². The highest BCUT2D eigenvalue weighted by molar-refractivity contribution is 5.89. The predicted octanol–water partition coefficient (Wildman–Crippen LogP) is 3.28. The fourth-order valence-corrected chi connectivity index (χ4v) is 4.44. The second kappa shape index (κ2) is 8.27. The Hall–Kier alpha value is -2.82. The maximum Gasteiger partial charge on any atom is 0.231 e. The first-order valence-corrected chi connectivity index (χ1v) is 10.3. The molecule has 0 atom stereocenters. The number of methoxy groups -OCH3 is 1. The first-order chi connectivity index (χ1) is 14.1. The Morgan fingerprint density at radius 2 is 1.69 bits per heavy atom. The van der Waals surface area contributed by atoms with E-state index in [0.29, 0.717) is 26.1 Å². The number of piperidine rings is 1. The van der Waals surface area contributed by atoms with Gasteiger partial charge in [-0.05, 0) is 42.5 Å². The summed E-state index contributed by atoms with van der Waals surface area (Å²) in [5.74, 6) is 1.26. The molecule has 152 valence electrons. The lowest BCUT2D eigenvalue weighted by Gasteiger charge is -2.52. The standard InChI is InChI=1S/C24H28N2O3/c1-29-21-10-7-20(8-11-21)17-26-18-24(23(26)28)13-15-25(16-14-24)22(27)12-9-19-5-3-2-4-6-19/h2-8,10-11H,9,12-18H2,1H3. The van der Waals surface area contributed by atoms with E-state index in [2.05, 4.69) is 12.1 Å². The van der Waals surface area contributed by atoms with E-state index >= 15 is 0 Å². The average molecular weight is 392 g/mol. The van der Waals surface area contributed by atoms with Gasteiger partial charge < -0.3 is 14.5 Å². The molecule has 0 unspecified atom stereocenters. The van der Waals surface area contributed by atoms with Gasteiger partial charge in [0, 0.05) is 32.6 Å². The largest absolute Gasteiger partial charge is 0.497 e. The zero-order valence-electron chi connectivity index (χ0n) is 17.0. The maximum absolute atomic E-state index is 12.9. The Bertz CT molecular complexity index is 855. The van der Waals surface area contributed by atoms with Crippen molar-refractivity contribution >= 4 is 11.8 Å². The van der Waals surface area contributed by atoms with Gasteiger partial charge in [0.1, 0.15) is 5.75 Å². The van der Waals surface area contributed by atoms with Crippen molar-refractivity contribution in [1.82, 2.24) is 9.80 Å². The molecule has 2 saturated heterocycles. The molecule has 0 bridgehead atoms. The number of rotatable bonds is 6. The van der Waals surface area contributed by atoms with E-state index in [-0.39, 0.29) is 17.2 Å². The van der Waals surface area contributed by atoms with Gasteiger partial charge in [0.05, 0.1) is 12.5 Å². The maximum atomic E-state index is 12.9. The summed E-state index contributed by atoms with van der Waals surface area (Å²) in [6.07, 6.45) is 2.87. The number of likely N-dealkylation sites (tertiary alicyclic amines) is 2. The molecule has 5 nitrogen and oxygen atoms in total. The summed E-state index contributed by atoms with van der Waals surface area (Å²) in [4.78, 5) is 29.3. The zero-order chi connectivity index (χ0) is 20.3. The molecular formula is C24H28N2O3. The van der Waals surface area contributed by atoms with Gasteiger partial charge in [-0.15, -0.1) is 0 Å². The topological polar surface area (TPSA) is 49.9 Å². The Balaban J connectivity index is 1.25. The molecule has 29 heavy (non-hydrogen) atoms. The van der Waals surface area contributed by atoms with Crippen LogP contribution in [0.15, 0.2) is 54.6 Å². The molecule has 2 aromatic rings. The van der Waals surface area contributed by atoms with E-state index < -0.39 is 0 Å². The molecule has 2 aromatic carbocycles. The summed E-state index contributed by atoms with van der Waals surface area (Å²) in [6.45, 7) is 2.82. The second-order valence-corrected chi connectivity index (χ2v) is 8.16. The van der Waals surface area contributed by atoms with Crippen LogP contribution < -0.4 is 4.74 Å². The highest BCUT2D eigenvalue weighted by atomic mass is 16.5. The molecule has 2 aliphatic rings. The highest BCUT2D eigenvalue weighted by Gasteiger charge is 2.53. The van der Waals surface area contributed by atoms with E-state index in [9.17, 15) is 9.59 Å². The zero-order valence-corrected chi connectivity index (χ0v) is 17.0. The molecule has 0 aromatic heterocycles. The Morgan fingerprint density at radius 1 is 1.00 bits per heavy atom. The molecule has 2 heterocycles. The third-order valence-electron chi connectivity index (χ3n) is 6.31. The van der Waals surface area contributed by atoms with Crippen molar-refractivity contribution in [1.29, 1.82) is 0 Å². The average Bonchev–Trinajstić information content (AvgIpc) is 2.78. The molecule has 5 heteroatoms. The van der Waals surface area contributed by atoms with Crippen LogP contribution in [-0.2, 0) is 22.6 Å². The molecular weight excluding hydrogens is 364 g/mol. The molecule has 2 aliphatic heterocycles. The van der Waals surface area contributed by atoms with Crippen molar-refractivity contribution in [3.05, 3.63) is 65.7 Å². The summed E-state index contributed by atoms with van der Waals surface area (Å²) >= 11 is 0. The minimum absolute atomic E-state index is 0.200. The van der Waals surface area contributed by atoms with Crippen LogP contribution in [0.25, 0.3) is 0 Å². The number of hydrogen-bond donors (Lipinski definition) is 0. The van der Waals surface area contributed by atoms with Crippen LogP contribution in [0.5, 0.6) is 5.75 Å². The summed E-state index contributed by atoms with van der Waals surface area (Å²) < 4.78 is 5.18. The summed E-state index contributed by atoms with van der Waals surface area (Å²) in [5.41, 5.74) is 2.06. The molecule has 0 saturated carbocycles. The van der Waals surface area contributed by atoms with Gasteiger partial charge in [-0.1, -0.05) is 42.5 Å². The van der Waals surface area contributed by atoms with E-state index in [1.54, 1.807) is 7.11 Å². The number of amides is 2. The highest BCUT2D eigenvalue weighted by Crippen LogP contribution is 2.42. The molecule has 0 radical (unpaired) electrons. The first-order valence-electron chi connectivity index (χ1n) is 10.3. The Kier molecular flexibility index (Phi) is 5.56. The van der Waals surface area contributed by atoms with Crippen molar-refractivity contribution in [3.63, 3.8) is 0 Å². The number of β-lactam (4-membered cyclic amide) rings is 1. The fourth-order valence-electron chi connectivity index (χ4n) is 4.44. The number of ether oxygens (including phenoxy) is 1. The molecule has 0 aliphatic carbocycles. The third kappa shape index (κ3) is 4.14. The van der Waals surface area contributed by atoms with Crippen LogP contribution in [0.1, 0.15) is 30.4 Å². The van der Waals surface area contributed by atoms with Gasteiger partial charge in [-0.3, -0.25) is 9.59 Å². The van der Waals surface area contributed by atoms with E-state index in [4.69, 9.17) is 4.74 Å². The van der Waals surface area contributed by atoms with Gasteiger partial charge in [-0.25, -0.2) is 0 Å². The number of carbonyl (C=O) groups is 2. The molecule has 2 fully saturated rings. The predicted molar refractivity (Wildman–Crippen MR) is 111 cm³/mol. The fraction of sp³-hybridized carbons (Fsp3) is 0.417. The van der Waals surface area contributed by atoms with Gasteiger partial charge in [-0.2, -0.15) is 0 Å². The Labute approximate surface area is 172 Å². The second-order valence-electron chi connectivity index (χ2n) is 8.16. The van der Waals surface area contributed by atoms with Gasteiger partial charge in [0.15, 0.2) is 0 Å². The number of hydrogen-bond acceptors (Lipinski definition) is 3. The Morgan fingerprint density at radius 3 is 2.31 bits per heavy atom. The normalized spacial score (nSPS) is 17.9. The van der Waals surface area contributed by atoms with Crippen molar-refractivity contribution in [3.8, 4) is 5.75 Å². The number of aryl methyl sites for hydroxylation is 1. The number of benzene rings is 2. The molecule has 2 amide bonds. The number of carbonyl (C=O) groups excluding carboxylic acids is 2. The van der Waals surface area contributed by atoms with Crippen molar-refractivity contribution < 1.29 is 14.3 Å². The lowest BCUT2D eigenvalue weighted by atomic mass is 9.71. The minimum Gasteiger partial charge on any atom is -0.497 e.